The van der Waals surface area contributed by atoms with E-state index in [1.807, 2.05) is 48.5 Å². The molecule has 0 spiro atoms. The highest BCUT2D eigenvalue weighted by Gasteiger charge is 2.17. The smallest absolute Gasteiger partial charge is 0.306 e. The summed E-state index contributed by atoms with van der Waals surface area (Å²) in [5, 5.41) is 16.2. The molecule has 8 heteroatoms. The Bertz CT molecular complexity index is 983. The molecule has 0 atom stereocenters. The summed E-state index contributed by atoms with van der Waals surface area (Å²) in [6.07, 6.45) is 1.91. The van der Waals surface area contributed by atoms with E-state index >= 15 is 0 Å². The minimum Gasteiger partial charge on any atom is -0.494 e. The summed E-state index contributed by atoms with van der Waals surface area (Å²) in [7, 11) is 0. The van der Waals surface area contributed by atoms with Crippen LogP contribution >= 0.6 is 0 Å². The van der Waals surface area contributed by atoms with Gasteiger partial charge in [0.2, 0.25) is 11.8 Å². The molecular weight excluding hydrogens is 384 g/mol. The van der Waals surface area contributed by atoms with Gasteiger partial charge in [0.25, 0.3) is 0 Å². The molecule has 4 rings (SSSR count). The summed E-state index contributed by atoms with van der Waals surface area (Å²) in [6.45, 7) is 5.48. The maximum atomic E-state index is 5.71. The highest BCUT2D eigenvalue weighted by atomic mass is 16.5. The summed E-state index contributed by atoms with van der Waals surface area (Å²) in [5.41, 5.74) is 1.56. The minimum atomic E-state index is 0.165. The van der Waals surface area contributed by atoms with Gasteiger partial charge in [0.1, 0.15) is 11.5 Å². The van der Waals surface area contributed by atoms with E-state index in [0.29, 0.717) is 25.0 Å². The Labute approximate surface area is 173 Å². The van der Waals surface area contributed by atoms with E-state index in [2.05, 4.69) is 34.2 Å². The first-order valence-electron chi connectivity index (χ1n) is 9.90. The SMILES string of the molecule is CCCOc1ccc(-c2nnc(-c3nnc(-c4ccc(OCCC)cc4)o3)o2)cc1. The molecule has 0 saturated heterocycles. The first-order chi connectivity index (χ1) is 14.8. The molecule has 30 heavy (non-hydrogen) atoms. The largest absolute Gasteiger partial charge is 0.494 e. The fraction of sp³-hybridized carbons (Fsp3) is 0.273. The van der Waals surface area contributed by atoms with Gasteiger partial charge >= 0.3 is 11.8 Å². The van der Waals surface area contributed by atoms with Crippen molar-refractivity contribution in [3.8, 4) is 46.2 Å². The molecule has 0 aliphatic rings. The molecule has 2 aromatic heterocycles. The summed E-state index contributed by atoms with van der Waals surface area (Å²) in [4.78, 5) is 0. The Morgan fingerprint density at radius 1 is 0.567 bits per heavy atom. The zero-order valence-corrected chi connectivity index (χ0v) is 16.9. The van der Waals surface area contributed by atoms with Gasteiger partial charge < -0.3 is 18.3 Å². The predicted octanol–water partition coefficient (Wildman–Crippen LogP) is 5.03. The highest BCUT2D eigenvalue weighted by Crippen LogP contribution is 2.27. The van der Waals surface area contributed by atoms with E-state index in [1.54, 1.807) is 0 Å². The van der Waals surface area contributed by atoms with E-state index in [-0.39, 0.29) is 11.8 Å². The third kappa shape index (κ3) is 4.48. The van der Waals surface area contributed by atoms with Gasteiger partial charge in [-0.05, 0) is 61.4 Å². The molecule has 8 nitrogen and oxygen atoms in total. The van der Waals surface area contributed by atoms with Crippen LogP contribution in [0.1, 0.15) is 26.7 Å². The number of rotatable bonds is 9. The number of nitrogens with zero attached hydrogens (tertiary/aromatic N) is 4. The van der Waals surface area contributed by atoms with Crippen LogP contribution in [0.5, 0.6) is 11.5 Å². The third-order valence-electron chi connectivity index (χ3n) is 4.18. The van der Waals surface area contributed by atoms with Crippen LogP contribution in [0.4, 0.5) is 0 Å². The van der Waals surface area contributed by atoms with Crippen molar-refractivity contribution in [3.05, 3.63) is 48.5 Å². The predicted molar refractivity (Wildman–Crippen MR) is 110 cm³/mol. The molecule has 2 heterocycles. The normalized spacial score (nSPS) is 10.9. The van der Waals surface area contributed by atoms with Crippen LogP contribution in [-0.4, -0.2) is 33.6 Å². The molecule has 0 fully saturated rings. The molecule has 4 aromatic rings. The van der Waals surface area contributed by atoms with Crippen LogP contribution in [0.15, 0.2) is 57.4 Å². The van der Waals surface area contributed by atoms with Crippen molar-refractivity contribution in [2.45, 2.75) is 26.7 Å². The lowest BCUT2D eigenvalue weighted by atomic mass is 10.2. The quantitative estimate of drug-likeness (QED) is 0.382. The summed E-state index contributed by atoms with van der Waals surface area (Å²) >= 11 is 0. The lowest BCUT2D eigenvalue weighted by Gasteiger charge is -2.04. The highest BCUT2D eigenvalue weighted by molar-refractivity contribution is 5.57. The van der Waals surface area contributed by atoms with Crippen LogP contribution in [-0.2, 0) is 0 Å². The number of hydrogen-bond acceptors (Lipinski definition) is 8. The summed E-state index contributed by atoms with van der Waals surface area (Å²) in [5.74, 6) is 2.66. The molecule has 0 aliphatic carbocycles. The van der Waals surface area contributed by atoms with Gasteiger partial charge in [0.15, 0.2) is 0 Å². The summed E-state index contributed by atoms with van der Waals surface area (Å²) in [6, 6.07) is 14.9. The third-order valence-corrected chi connectivity index (χ3v) is 4.18. The Morgan fingerprint density at radius 3 is 1.30 bits per heavy atom. The van der Waals surface area contributed by atoms with Crippen molar-refractivity contribution >= 4 is 0 Å². The zero-order chi connectivity index (χ0) is 20.8. The van der Waals surface area contributed by atoms with Gasteiger partial charge in [-0.15, -0.1) is 20.4 Å². The second kappa shape index (κ2) is 9.21. The molecule has 0 N–H and O–H groups in total. The van der Waals surface area contributed by atoms with Gasteiger partial charge in [0, 0.05) is 11.1 Å². The second-order valence-electron chi connectivity index (χ2n) is 6.57. The molecule has 0 saturated carbocycles. The fourth-order valence-corrected chi connectivity index (χ4v) is 2.68. The van der Waals surface area contributed by atoms with Crippen molar-refractivity contribution < 1.29 is 18.3 Å². The van der Waals surface area contributed by atoms with Crippen LogP contribution in [0.3, 0.4) is 0 Å². The average Bonchev–Trinajstić information content (AvgIpc) is 3.47. The lowest BCUT2D eigenvalue weighted by molar-refractivity contribution is 0.317. The maximum absolute atomic E-state index is 5.71. The molecule has 2 aromatic carbocycles. The fourth-order valence-electron chi connectivity index (χ4n) is 2.68. The molecule has 0 aliphatic heterocycles. The van der Waals surface area contributed by atoms with E-state index in [1.165, 1.54) is 0 Å². The topological polar surface area (TPSA) is 96.3 Å². The molecule has 0 radical (unpaired) electrons. The zero-order valence-electron chi connectivity index (χ0n) is 16.9. The van der Waals surface area contributed by atoms with E-state index in [4.69, 9.17) is 18.3 Å². The van der Waals surface area contributed by atoms with Gasteiger partial charge in [-0.3, -0.25) is 0 Å². The van der Waals surface area contributed by atoms with Gasteiger partial charge in [-0.25, -0.2) is 0 Å². The van der Waals surface area contributed by atoms with Crippen LogP contribution in [0, 0.1) is 0 Å². The Hall–Kier alpha value is -3.68. The average molecular weight is 406 g/mol. The van der Waals surface area contributed by atoms with Crippen molar-refractivity contribution in [1.82, 2.24) is 20.4 Å². The Balaban J connectivity index is 1.47. The monoisotopic (exact) mass is 406 g/mol. The van der Waals surface area contributed by atoms with Gasteiger partial charge in [-0.1, -0.05) is 13.8 Å². The van der Waals surface area contributed by atoms with Crippen LogP contribution in [0.2, 0.25) is 0 Å². The van der Waals surface area contributed by atoms with E-state index in [0.717, 1.165) is 35.5 Å². The number of ether oxygens (including phenoxy) is 2. The first-order valence-corrected chi connectivity index (χ1v) is 9.90. The molecule has 154 valence electrons. The Kier molecular flexibility index (Phi) is 6.03. The number of hydrogen-bond donors (Lipinski definition) is 0. The van der Waals surface area contributed by atoms with Crippen molar-refractivity contribution in [3.63, 3.8) is 0 Å². The van der Waals surface area contributed by atoms with E-state index in [9.17, 15) is 0 Å². The standard InChI is InChI=1S/C22H22N4O4/c1-3-13-27-17-9-5-15(6-10-17)19-23-25-21(29-19)22-26-24-20(30-22)16-7-11-18(12-8-16)28-14-4-2/h5-12H,3-4,13-14H2,1-2H3. The summed E-state index contributed by atoms with van der Waals surface area (Å²) < 4.78 is 22.6. The molecular formula is C22H22N4O4. The first kappa shape index (κ1) is 19.6. The Morgan fingerprint density at radius 2 is 0.933 bits per heavy atom. The van der Waals surface area contributed by atoms with E-state index < -0.39 is 0 Å². The van der Waals surface area contributed by atoms with Gasteiger partial charge in [-0.2, -0.15) is 0 Å². The van der Waals surface area contributed by atoms with Gasteiger partial charge in [0.05, 0.1) is 13.2 Å². The maximum Gasteiger partial charge on any atom is 0.306 e. The number of aromatic nitrogens is 4. The second-order valence-corrected chi connectivity index (χ2v) is 6.57. The molecule has 0 unspecified atom stereocenters. The van der Waals surface area contributed by atoms with Crippen LogP contribution < -0.4 is 9.47 Å². The van der Waals surface area contributed by atoms with Crippen molar-refractivity contribution in [2.24, 2.45) is 0 Å². The lowest BCUT2D eigenvalue weighted by Crippen LogP contribution is -1.94. The molecule has 0 amide bonds. The van der Waals surface area contributed by atoms with Crippen molar-refractivity contribution in [1.29, 1.82) is 0 Å². The minimum absolute atomic E-state index is 0.165. The number of benzene rings is 2. The van der Waals surface area contributed by atoms with Crippen LogP contribution in [0.25, 0.3) is 34.7 Å². The molecule has 0 bridgehead atoms. The van der Waals surface area contributed by atoms with Crippen molar-refractivity contribution in [2.75, 3.05) is 13.2 Å².